The molecule has 3 saturated carbocycles. The molecule has 2 N–H and O–H groups in total. The zero-order valence-electron chi connectivity index (χ0n) is 28.8. The van der Waals surface area contributed by atoms with Crippen LogP contribution in [0.1, 0.15) is 91.4 Å². The first-order valence-electron chi connectivity index (χ1n) is 18.5. The molecule has 3 saturated heterocycles. The van der Waals surface area contributed by atoms with Gasteiger partial charge in [-0.05, 0) is 91.1 Å². The molecule has 47 heavy (non-hydrogen) atoms. The van der Waals surface area contributed by atoms with Gasteiger partial charge < -0.3 is 29.9 Å². The number of halogens is 1. The summed E-state index contributed by atoms with van der Waals surface area (Å²) in [5, 5.41) is 6.04. The number of Topliss-reactive ketones (excluding diaryl/α,β-unsaturated/α-hetero) is 1. The average molecular weight is 658 g/mol. The molecule has 7 aliphatic rings. The summed E-state index contributed by atoms with van der Waals surface area (Å²) >= 11 is 0. The third-order valence-corrected chi connectivity index (χ3v) is 12.5. The van der Waals surface area contributed by atoms with E-state index in [0.29, 0.717) is 43.9 Å². The van der Waals surface area contributed by atoms with Crippen LogP contribution in [0.4, 0.5) is 9.18 Å². The summed E-state index contributed by atoms with van der Waals surface area (Å²) in [5.74, 6) is 0.0464. The topological polar surface area (TPSA) is 103 Å². The minimum absolute atomic E-state index is 0.0611. The van der Waals surface area contributed by atoms with E-state index in [2.05, 4.69) is 32.4 Å². The van der Waals surface area contributed by atoms with E-state index in [9.17, 15) is 14.4 Å². The Morgan fingerprint density at radius 1 is 1.02 bits per heavy atom. The van der Waals surface area contributed by atoms with Crippen LogP contribution in [-0.2, 0) is 19.1 Å². The summed E-state index contributed by atoms with van der Waals surface area (Å²) in [6, 6.07) is -0.434. The first-order valence-corrected chi connectivity index (χ1v) is 18.5. The van der Waals surface area contributed by atoms with Gasteiger partial charge in [-0.1, -0.05) is 25.7 Å². The molecule has 10 unspecified atom stereocenters. The van der Waals surface area contributed by atoms with Crippen LogP contribution in [0, 0.1) is 17.8 Å². The number of alkyl halides is 1. The van der Waals surface area contributed by atoms with Gasteiger partial charge in [0.1, 0.15) is 11.8 Å². The number of nitrogens with one attached hydrogen (secondary N) is 2. The number of carbonyl (C=O) groups excluding carboxylic acids is 3. The summed E-state index contributed by atoms with van der Waals surface area (Å²) in [5.41, 5.74) is -0.411. The molecular weight excluding hydrogens is 601 g/mol. The minimum Gasteiger partial charge on any atom is -0.444 e. The third-order valence-electron chi connectivity index (χ3n) is 12.5. The van der Waals surface area contributed by atoms with Crippen molar-refractivity contribution in [3.63, 3.8) is 0 Å². The maximum atomic E-state index is 16.5. The number of ether oxygens (including phenoxy) is 2. The molecule has 10 nitrogen and oxygen atoms in total. The fourth-order valence-corrected chi connectivity index (χ4v) is 10.3. The predicted molar refractivity (Wildman–Crippen MR) is 175 cm³/mol. The number of hydrogen-bond donors (Lipinski definition) is 2. The number of carbonyl (C=O) groups is 3. The molecule has 4 aliphatic heterocycles. The molecule has 0 bridgehead atoms. The number of likely N-dealkylation sites (tertiary alicyclic amines) is 2. The number of morpholine rings is 1. The van der Waals surface area contributed by atoms with Gasteiger partial charge in [-0.3, -0.25) is 14.5 Å². The molecule has 11 heteroatoms. The van der Waals surface area contributed by atoms with E-state index in [4.69, 9.17) is 9.47 Å². The van der Waals surface area contributed by atoms with Gasteiger partial charge in [-0.15, -0.1) is 0 Å². The summed E-state index contributed by atoms with van der Waals surface area (Å²) in [6.07, 6.45) is 10.4. The van der Waals surface area contributed by atoms with E-state index in [-0.39, 0.29) is 47.9 Å². The third kappa shape index (κ3) is 6.70. The van der Waals surface area contributed by atoms with Crippen LogP contribution >= 0.6 is 0 Å². The highest BCUT2D eigenvalue weighted by Gasteiger charge is 2.61. The number of fused-ring (bicyclic) bond motifs is 3. The van der Waals surface area contributed by atoms with Gasteiger partial charge in [0.15, 0.2) is 5.78 Å². The molecule has 0 aromatic carbocycles. The van der Waals surface area contributed by atoms with Crippen LogP contribution < -0.4 is 10.6 Å². The number of nitrogens with zero attached hydrogens (tertiary/aromatic N) is 3. The van der Waals surface area contributed by atoms with Gasteiger partial charge in [0.2, 0.25) is 0 Å². The zero-order valence-corrected chi connectivity index (χ0v) is 28.8. The summed E-state index contributed by atoms with van der Waals surface area (Å²) < 4.78 is 29.0. The van der Waals surface area contributed by atoms with E-state index in [1.807, 2.05) is 27.0 Å². The van der Waals surface area contributed by atoms with E-state index in [1.54, 1.807) is 0 Å². The molecule has 2 amide bonds. The quantitative estimate of drug-likeness (QED) is 0.417. The Kier molecular flexibility index (Phi) is 9.37. The molecule has 3 aliphatic carbocycles. The largest absolute Gasteiger partial charge is 0.444 e. The van der Waals surface area contributed by atoms with Crippen molar-refractivity contribution in [2.75, 3.05) is 33.2 Å². The number of ketones is 1. The molecule has 0 spiro atoms. The Labute approximate surface area is 279 Å². The van der Waals surface area contributed by atoms with Crippen molar-refractivity contribution in [2.45, 2.75) is 146 Å². The van der Waals surface area contributed by atoms with E-state index < -0.39 is 35.9 Å². The van der Waals surface area contributed by atoms with Crippen molar-refractivity contribution in [3.8, 4) is 0 Å². The van der Waals surface area contributed by atoms with Crippen molar-refractivity contribution in [2.24, 2.45) is 17.8 Å². The van der Waals surface area contributed by atoms with Crippen LogP contribution in [-0.4, -0.2) is 120 Å². The number of alkyl carbamates (subject to hydrolysis) is 1. The highest BCUT2D eigenvalue weighted by molar-refractivity contribution is 6.20. The Balaban J connectivity index is 1.12. The van der Waals surface area contributed by atoms with Crippen molar-refractivity contribution in [3.05, 3.63) is 11.8 Å². The molecule has 11 atom stereocenters. The normalized spacial score (nSPS) is 40.6. The lowest BCUT2D eigenvalue weighted by atomic mass is 9.64. The lowest BCUT2D eigenvalue weighted by Crippen LogP contribution is -2.73. The summed E-state index contributed by atoms with van der Waals surface area (Å²) in [6.45, 7) is 8.26. The number of rotatable bonds is 6. The van der Waals surface area contributed by atoms with Crippen molar-refractivity contribution < 1.29 is 28.2 Å². The Hall–Kier alpha value is -2.24. The molecule has 0 aromatic rings. The predicted octanol–water partition coefficient (Wildman–Crippen LogP) is 3.79. The first-order chi connectivity index (χ1) is 22.5. The minimum atomic E-state index is -1.28. The van der Waals surface area contributed by atoms with Crippen molar-refractivity contribution >= 4 is 17.8 Å². The first kappa shape index (κ1) is 33.3. The maximum Gasteiger partial charge on any atom is 0.407 e. The van der Waals surface area contributed by atoms with Gasteiger partial charge in [0.05, 0.1) is 35.9 Å². The van der Waals surface area contributed by atoms with E-state index >= 15 is 4.39 Å². The monoisotopic (exact) mass is 657 g/mol. The fourth-order valence-electron chi connectivity index (χ4n) is 10.3. The standard InChI is InChI=1S/C36H56FN5O5/c1-36(2,3)47-35(45)39-23-12-15-41(19-23)31-27(37)18-25-30-33(31)46-29-17-22-9-6-5-8-21(22)16-28(29)42(30)20-26(32(25)43)34(44)38-13-11-24-10-7-14-40(24)4/h20-25,27-31,33H,5-19H2,1-4H3,(H,38,44)(H,39,45)/t21?,22?,23-,24?,25?,27?,28?,29?,30?,31?,33?/m1/s1. The van der Waals surface area contributed by atoms with Gasteiger partial charge >= 0.3 is 6.09 Å². The molecule has 7 rings (SSSR count). The molecule has 4 heterocycles. The Morgan fingerprint density at radius 3 is 2.51 bits per heavy atom. The lowest BCUT2D eigenvalue weighted by molar-refractivity contribution is -0.219. The molecular formula is C36H56FN5O5. The van der Waals surface area contributed by atoms with Crippen LogP contribution in [0.3, 0.4) is 0 Å². The average Bonchev–Trinajstić information content (AvgIpc) is 3.64. The zero-order chi connectivity index (χ0) is 33.0. The van der Waals surface area contributed by atoms with Gasteiger partial charge in [-0.25, -0.2) is 9.18 Å². The van der Waals surface area contributed by atoms with E-state index in [0.717, 1.165) is 32.2 Å². The number of hydrogen-bond acceptors (Lipinski definition) is 8. The second-order valence-corrected chi connectivity index (χ2v) is 16.6. The second-order valence-electron chi connectivity index (χ2n) is 16.6. The smallest absolute Gasteiger partial charge is 0.407 e. The lowest BCUT2D eigenvalue weighted by Gasteiger charge is -2.61. The summed E-state index contributed by atoms with van der Waals surface area (Å²) in [7, 11) is 2.13. The Bertz CT molecular complexity index is 1240. The Morgan fingerprint density at radius 2 is 1.79 bits per heavy atom. The molecule has 0 radical (unpaired) electrons. The SMILES string of the molecule is CN1CCCC1CCNC(=O)C1=CN2C3CC4CCCCC4CC3OC3C(N4CC[C@@H](NC(=O)OC(C)(C)C)C4)C(F)CC(C1=O)C32. The highest BCUT2D eigenvalue weighted by atomic mass is 19.1. The van der Waals surface area contributed by atoms with Crippen LogP contribution in [0.2, 0.25) is 0 Å². The van der Waals surface area contributed by atoms with Crippen molar-refractivity contribution in [1.29, 1.82) is 0 Å². The van der Waals surface area contributed by atoms with Crippen LogP contribution in [0.25, 0.3) is 0 Å². The fraction of sp³-hybridized carbons (Fsp3) is 0.861. The highest BCUT2D eigenvalue weighted by Crippen LogP contribution is 2.51. The second kappa shape index (κ2) is 13.2. The van der Waals surface area contributed by atoms with Crippen LogP contribution in [0.15, 0.2) is 11.8 Å². The van der Waals surface area contributed by atoms with Crippen LogP contribution in [0.5, 0.6) is 0 Å². The molecule has 262 valence electrons. The van der Waals surface area contributed by atoms with Crippen molar-refractivity contribution in [1.82, 2.24) is 25.3 Å². The number of amides is 2. The summed E-state index contributed by atoms with van der Waals surface area (Å²) in [4.78, 5) is 47.0. The van der Waals surface area contributed by atoms with E-state index in [1.165, 1.54) is 32.1 Å². The molecule has 6 fully saturated rings. The van der Waals surface area contributed by atoms with Gasteiger partial charge in [0.25, 0.3) is 5.91 Å². The maximum absolute atomic E-state index is 16.5. The molecule has 0 aromatic heterocycles. The van der Waals surface area contributed by atoms with Gasteiger partial charge in [0, 0.05) is 43.8 Å². The van der Waals surface area contributed by atoms with Gasteiger partial charge in [-0.2, -0.15) is 0 Å².